The molecule has 1 radical (unpaired) electrons. The highest BCUT2D eigenvalue weighted by atomic mass is 19.4. The highest BCUT2D eigenvalue weighted by Gasteiger charge is 2.29. The van der Waals surface area contributed by atoms with Gasteiger partial charge in [0.25, 0.3) is 0 Å². The van der Waals surface area contributed by atoms with Gasteiger partial charge in [-0.15, -0.1) is 0 Å². The Morgan fingerprint density at radius 1 is 1.50 bits per heavy atom. The fraction of sp³-hybridized carbons (Fsp3) is 0.750. The zero-order valence-corrected chi connectivity index (χ0v) is 4.24. The van der Waals surface area contributed by atoms with Crippen LogP contribution in [0.15, 0.2) is 0 Å². The van der Waals surface area contributed by atoms with E-state index in [9.17, 15) is 13.2 Å². The molecule has 1 atom stereocenters. The Hall–Kier alpha value is -0.250. The molecule has 0 aromatic rings. The molecule has 0 amide bonds. The zero-order valence-electron chi connectivity index (χ0n) is 4.24. The Morgan fingerprint density at radius 2 is 1.88 bits per heavy atom. The van der Waals surface area contributed by atoms with Gasteiger partial charge in [-0.25, -0.2) is 0 Å². The third-order valence-electron chi connectivity index (χ3n) is 0.430. The number of halogens is 3. The van der Waals surface area contributed by atoms with E-state index in [2.05, 4.69) is 0 Å². The van der Waals surface area contributed by atoms with Crippen molar-refractivity contribution in [3.05, 3.63) is 6.42 Å². The fourth-order valence-corrected chi connectivity index (χ4v) is 0.273. The van der Waals surface area contributed by atoms with E-state index in [1.165, 1.54) is 0 Å². The maximum absolute atomic E-state index is 11.1. The molecule has 0 aliphatic carbocycles. The van der Waals surface area contributed by atoms with Crippen molar-refractivity contribution < 1.29 is 18.3 Å². The van der Waals surface area contributed by atoms with Crippen LogP contribution in [-0.2, 0) is 0 Å². The summed E-state index contributed by atoms with van der Waals surface area (Å²) in [5.74, 6) is 0. The highest BCUT2D eigenvalue weighted by molar-refractivity contribution is 4.79. The third kappa shape index (κ3) is 5.75. The summed E-state index contributed by atoms with van der Waals surface area (Å²) in [5.41, 5.74) is 0. The van der Waals surface area contributed by atoms with Gasteiger partial charge in [0.1, 0.15) is 0 Å². The standard InChI is InChI=1S/C4H6F3O/c1-3(8)2-4(5,6)7/h2-3,8H,1H3. The SMILES string of the molecule is CC(O)[CH]C(F)(F)F. The number of aliphatic hydroxyl groups is 1. The van der Waals surface area contributed by atoms with Crippen LogP contribution in [0.3, 0.4) is 0 Å². The van der Waals surface area contributed by atoms with Gasteiger partial charge in [-0.1, -0.05) is 0 Å². The van der Waals surface area contributed by atoms with Crippen LogP contribution in [0, 0.1) is 6.42 Å². The number of hydrogen-bond donors (Lipinski definition) is 1. The molecule has 0 aromatic carbocycles. The van der Waals surface area contributed by atoms with Crippen LogP contribution in [0.4, 0.5) is 13.2 Å². The molecule has 0 rings (SSSR count). The minimum atomic E-state index is -4.35. The molecule has 0 saturated heterocycles. The van der Waals surface area contributed by atoms with Gasteiger partial charge in [-0.2, -0.15) is 13.2 Å². The Labute approximate surface area is 45.1 Å². The van der Waals surface area contributed by atoms with Crippen molar-refractivity contribution >= 4 is 0 Å². The maximum atomic E-state index is 11.1. The lowest BCUT2D eigenvalue weighted by molar-refractivity contribution is -0.109. The predicted octanol–water partition coefficient (Wildman–Crippen LogP) is 1.13. The second-order valence-corrected chi connectivity index (χ2v) is 1.45. The molecule has 1 N–H and O–H groups in total. The van der Waals surface area contributed by atoms with E-state index in [0.29, 0.717) is 0 Å². The van der Waals surface area contributed by atoms with Gasteiger partial charge in [0.2, 0.25) is 0 Å². The Bertz CT molecular complexity index is 66.2. The van der Waals surface area contributed by atoms with Crippen LogP contribution in [0.5, 0.6) is 0 Å². The smallest absolute Gasteiger partial charge is 0.393 e. The summed E-state index contributed by atoms with van der Waals surface area (Å²) in [6, 6.07) is 0. The van der Waals surface area contributed by atoms with Crippen molar-refractivity contribution in [3.8, 4) is 0 Å². The number of hydrogen-bond acceptors (Lipinski definition) is 1. The second kappa shape index (κ2) is 2.35. The zero-order chi connectivity index (χ0) is 6.78. The van der Waals surface area contributed by atoms with E-state index in [-0.39, 0.29) is 6.42 Å². The van der Waals surface area contributed by atoms with Crippen molar-refractivity contribution in [2.75, 3.05) is 0 Å². The van der Waals surface area contributed by atoms with Gasteiger partial charge in [-0.3, -0.25) is 0 Å². The van der Waals surface area contributed by atoms with Gasteiger partial charge in [0, 0.05) is 0 Å². The first-order valence-electron chi connectivity index (χ1n) is 2.02. The van der Waals surface area contributed by atoms with Crippen molar-refractivity contribution in [2.24, 2.45) is 0 Å². The minimum Gasteiger partial charge on any atom is -0.393 e. The Morgan fingerprint density at radius 3 is 1.88 bits per heavy atom. The molecule has 1 nitrogen and oxygen atoms in total. The number of rotatable bonds is 1. The van der Waals surface area contributed by atoms with Crippen molar-refractivity contribution in [2.45, 2.75) is 19.2 Å². The average molecular weight is 127 g/mol. The fourth-order valence-electron chi connectivity index (χ4n) is 0.273. The molecular weight excluding hydrogens is 121 g/mol. The molecule has 0 aliphatic rings. The van der Waals surface area contributed by atoms with Crippen LogP contribution in [0.25, 0.3) is 0 Å². The van der Waals surface area contributed by atoms with Gasteiger partial charge < -0.3 is 5.11 Å². The first kappa shape index (κ1) is 7.75. The minimum absolute atomic E-state index is 0.0903. The normalized spacial score (nSPS) is 16.1. The first-order chi connectivity index (χ1) is 3.42. The summed E-state index contributed by atoms with van der Waals surface area (Å²) >= 11 is 0. The summed E-state index contributed by atoms with van der Waals surface area (Å²) in [7, 11) is 0. The van der Waals surface area contributed by atoms with E-state index >= 15 is 0 Å². The summed E-state index contributed by atoms with van der Waals surface area (Å²) < 4.78 is 33.3. The lowest BCUT2D eigenvalue weighted by Crippen LogP contribution is -2.17. The van der Waals surface area contributed by atoms with Crippen LogP contribution in [-0.4, -0.2) is 17.4 Å². The number of alkyl halides is 3. The van der Waals surface area contributed by atoms with Crippen molar-refractivity contribution in [1.29, 1.82) is 0 Å². The predicted molar refractivity (Wildman–Crippen MR) is 22.0 cm³/mol. The maximum Gasteiger partial charge on any atom is 0.394 e. The molecular formula is C4H6F3O. The van der Waals surface area contributed by atoms with Gasteiger partial charge in [-0.05, 0) is 6.92 Å². The molecule has 4 heteroatoms. The van der Waals surface area contributed by atoms with Gasteiger partial charge in [0.05, 0.1) is 12.5 Å². The van der Waals surface area contributed by atoms with E-state index in [0.717, 1.165) is 6.92 Å². The Balaban J connectivity index is 3.39. The van der Waals surface area contributed by atoms with E-state index in [4.69, 9.17) is 5.11 Å². The monoisotopic (exact) mass is 127 g/mol. The lowest BCUT2D eigenvalue weighted by Gasteiger charge is -2.05. The van der Waals surface area contributed by atoms with Crippen LogP contribution in [0.1, 0.15) is 6.92 Å². The quantitative estimate of drug-likeness (QED) is 0.559. The second-order valence-electron chi connectivity index (χ2n) is 1.45. The molecule has 0 fully saturated rings. The molecule has 0 aliphatic heterocycles. The van der Waals surface area contributed by atoms with Gasteiger partial charge >= 0.3 is 6.18 Å². The van der Waals surface area contributed by atoms with E-state index in [1.54, 1.807) is 0 Å². The van der Waals surface area contributed by atoms with Crippen LogP contribution >= 0.6 is 0 Å². The first-order valence-corrected chi connectivity index (χ1v) is 2.02. The molecule has 1 unspecified atom stereocenters. The summed E-state index contributed by atoms with van der Waals surface area (Å²) in [5, 5.41) is 8.11. The van der Waals surface area contributed by atoms with Gasteiger partial charge in [0.15, 0.2) is 0 Å². The molecule has 0 saturated carbocycles. The molecule has 0 aromatic heterocycles. The van der Waals surface area contributed by atoms with Crippen LogP contribution in [0.2, 0.25) is 0 Å². The summed E-state index contributed by atoms with van der Waals surface area (Å²) in [6.45, 7) is 1.05. The van der Waals surface area contributed by atoms with E-state index < -0.39 is 12.3 Å². The highest BCUT2D eigenvalue weighted by Crippen LogP contribution is 2.19. The lowest BCUT2D eigenvalue weighted by atomic mass is 10.3. The molecule has 0 bridgehead atoms. The van der Waals surface area contributed by atoms with E-state index in [1.807, 2.05) is 0 Å². The summed E-state index contributed by atoms with van der Waals surface area (Å²) in [6.07, 6.45) is -5.85. The molecule has 8 heavy (non-hydrogen) atoms. The molecule has 49 valence electrons. The summed E-state index contributed by atoms with van der Waals surface area (Å²) in [4.78, 5) is 0. The Kier molecular flexibility index (Phi) is 2.27. The molecule has 0 heterocycles. The number of aliphatic hydroxyl groups excluding tert-OH is 1. The topological polar surface area (TPSA) is 20.2 Å². The molecule has 0 spiro atoms. The van der Waals surface area contributed by atoms with Crippen molar-refractivity contribution in [1.82, 2.24) is 0 Å². The van der Waals surface area contributed by atoms with Crippen LogP contribution < -0.4 is 0 Å². The average Bonchev–Trinajstić information content (AvgIpc) is 1.21. The third-order valence-corrected chi connectivity index (χ3v) is 0.430. The largest absolute Gasteiger partial charge is 0.394 e. The van der Waals surface area contributed by atoms with Crippen molar-refractivity contribution in [3.63, 3.8) is 0 Å².